The summed E-state index contributed by atoms with van der Waals surface area (Å²) in [5.41, 5.74) is 0.963. The molecule has 1 heterocycles. The molecule has 0 aliphatic heterocycles. The van der Waals surface area contributed by atoms with Gasteiger partial charge >= 0.3 is 0 Å². The number of nitrogens with zero attached hydrogens (tertiary/aromatic N) is 2. The normalized spacial score (nSPS) is 10.5. The van der Waals surface area contributed by atoms with E-state index >= 15 is 0 Å². The molecule has 5 nitrogen and oxygen atoms in total. The van der Waals surface area contributed by atoms with E-state index in [1.165, 1.54) is 6.33 Å². The Kier molecular flexibility index (Phi) is 4.98. The second kappa shape index (κ2) is 6.92. The summed E-state index contributed by atoms with van der Waals surface area (Å²) in [4.78, 5) is 8.59. The van der Waals surface area contributed by atoms with Gasteiger partial charge in [-0.15, -0.1) is 0 Å². The summed E-state index contributed by atoms with van der Waals surface area (Å²) in [6.45, 7) is 7.01. The van der Waals surface area contributed by atoms with Crippen molar-refractivity contribution in [3.8, 4) is 17.4 Å². The zero-order valence-corrected chi connectivity index (χ0v) is 12.9. The van der Waals surface area contributed by atoms with Gasteiger partial charge in [0.2, 0.25) is 5.88 Å². The first-order chi connectivity index (χ1) is 10.2. The summed E-state index contributed by atoms with van der Waals surface area (Å²) in [7, 11) is 1.62. The standard InChI is InChI=1S/C16H21N3O2/c1-5-17-15-14(11(2)3)16(19-10-18-15)21-13-9-7-6-8-12(13)20-4/h6-11H,5H2,1-4H3,(H,17,18,19). The molecule has 21 heavy (non-hydrogen) atoms. The summed E-state index contributed by atoms with van der Waals surface area (Å²) in [6.07, 6.45) is 1.51. The highest BCUT2D eigenvalue weighted by molar-refractivity contribution is 5.52. The predicted octanol–water partition coefficient (Wildman–Crippen LogP) is 3.83. The van der Waals surface area contributed by atoms with Crippen LogP contribution < -0.4 is 14.8 Å². The number of ether oxygens (including phenoxy) is 2. The molecule has 2 rings (SSSR count). The Balaban J connectivity index is 2.41. The van der Waals surface area contributed by atoms with Crippen LogP contribution in [0.1, 0.15) is 32.3 Å². The van der Waals surface area contributed by atoms with Crippen LogP contribution in [0.15, 0.2) is 30.6 Å². The summed E-state index contributed by atoms with van der Waals surface area (Å²) >= 11 is 0. The lowest BCUT2D eigenvalue weighted by molar-refractivity contribution is 0.371. The zero-order valence-electron chi connectivity index (χ0n) is 12.9. The topological polar surface area (TPSA) is 56.3 Å². The van der Waals surface area contributed by atoms with Crippen molar-refractivity contribution < 1.29 is 9.47 Å². The van der Waals surface area contributed by atoms with E-state index in [0.717, 1.165) is 17.9 Å². The number of para-hydroxylation sites is 2. The van der Waals surface area contributed by atoms with Crippen molar-refractivity contribution in [2.75, 3.05) is 19.0 Å². The quantitative estimate of drug-likeness (QED) is 0.875. The maximum atomic E-state index is 5.96. The van der Waals surface area contributed by atoms with E-state index in [1.807, 2.05) is 31.2 Å². The molecule has 0 unspecified atom stereocenters. The molecule has 0 amide bonds. The average Bonchev–Trinajstić information content (AvgIpc) is 2.48. The molecule has 0 spiro atoms. The molecule has 0 bridgehead atoms. The van der Waals surface area contributed by atoms with Gasteiger partial charge in [-0.25, -0.2) is 9.97 Å². The Morgan fingerprint density at radius 1 is 1.14 bits per heavy atom. The molecular formula is C16H21N3O2. The fourth-order valence-electron chi connectivity index (χ4n) is 2.10. The van der Waals surface area contributed by atoms with Gasteiger partial charge in [-0.1, -0.05) is 26.0 Å². The third-order valence-electron chi connectivity index (χ3n) is 3.04. The van der Waals surface area contributed by atoms with Crippen LogP contribution in [0.5, 0.6) is 17.4 Å². The number of aromatic nitrogens is 2. The number of anilines is 1. The van der Waals surface area contributed by atoms with Gasteiger partial charge in [-0.3, -0.25) is 0 Å². The number of hydrogen-bond donors (Lipinski definition) is 1. The van der Waals surface area contributed by atoms with E-state index in [0.29, 0.717) is 17.4 Å². The van der Waals surface area contributed by atoms with Gasteiger partial charge in [0.15, 0.2) is 11.5 Å². The molecule has 0 aliphatic carbocycles. The van der Waals surface area contributed by atoms with Gasteiger partial charge in [-0.05, 0) is 25.0 Å². The minimum Gasteiger partial charge on any atom is -0.493 e. The smallest absolute Gasteiger partial charge is 0.228 e. The second-order valence-electron chi connectivity index (χ2n) is 4.88. The van der Waals surface area contributed by atoms with Crippen LogP contribution in [0.25, 0.3) is 0 Å². The first-order valence-electron chi connectivity index (χ1n) is 7.07. The lowest BCUT2D eigenvalue weighted by Crippen LogP contribution is -2.07. The molecule has 1 aromatic carbocycles. The number of hydrogen-bond acceptors (Lipinski definition) is 5. The molecule has 5 heteroatoms. The fraction of sp³-hybridized carbons (Fsp3) is 0.375. The lowest BCUT2D eigenvalue weighted by atomic mass is 10.1. The van der Waals surface area contributed by atoms with Crippen molar-refractivity contribution in [3.63, 3.8) is 0 Å². The van der Waals surface area contributed by atoms with Crippen LogP contribution in [-0.2, 0) is 0 Å². The molecule has 0 fully saturated rings. The van der Waals surface area contributed by atoms with Crippen molar-refractivity contribution >= 4 is 5.82 Å². The van der Waals surface area contributed by atoms with E-state index in [4.69, 9.17) is 9.47 Å². The summed E-state index contributed by atoms with van der Waals surface area (Å²) in [5, 5.41) is 3.25. The highest BCUT2D eigenvalue weighted by Gasteiger charge is 2.17. The Morgan fingerprint density at radius 2 is 1.86 bits per heavy atom. The van der Waals surface area contributed by atoms with Gasteiger partial charge in [0, 0.05) is 6.54 Å². The number of rotatable bonds is 6. The molecular weight excluding hydrogens is 266 g/mol. The number of methoxy groups -OCH3 is 1. The molecule has 0 saturated heterocycles. The monoisotopic (exact) mass is 287 g/mol. The largest absolute Gasteiger partial charge is 0.493 e. The van der Waals surface area contributed by atoms with E-state index in [-0.39, 0.29) is 5.92 Å². The van der Waals surface area contributed by atoms with Crippen molar-refractivity contribution in [1.29, 1.82) is 0 Å². The molecule has 1 N–H and O–H groups in total. The van der Waals surface area contributed by atoms with Crippen molar-refractivity contribution in [1.82, 2.24) is 9.97 Å². The van der Waals surface area contributed by atoms with Gasteiger partial charge < -0.3 is 14.8 Å². The summed E-state index contributed by atoms with van der Waals surface area (Å²) in [5.74, 6) is 2.93. The molecule has 0 radical (unpaired) electrons. The molecule has 2 aromatic rings. The zero-order chi connectivity index (χ0) is 15.2. The minimum atomic E-state index is 0.241. The van der Waals surface area contributed by atoms with E-state index in [9.17, 15) is 0 Å². The summed E-state index contributed by atoms with van der Waals surface area (Å²) in [6, 6.07) is 7.52. The first-order valence-corrected chi connectivity index (χ1v) is 7.07. The van der Waals surface area contributed by atoms with Crippen LogP contribution in [0.3, 0.4) is 0 Å². The third kappa shape index (κ3) is 3.42. The third-order valence-corrected chi connectivity index (χ3v) is 3.04. The lowest BCUT2D eigenvalue weighted by Gasteiger charge is -2.17. The van der Waals surface area contributed by atoms with Crippen LogP contribution in [0, 0.1) is 0 Å². The molecule has 1 aromatic heterocycles. The Bertz CT molecular complexity index is 600. The van der Waals surface area contributed by atoms with Gasteiger partial charge in [0.05, 0.1) is 12.7 Å². The molecule has 0 atom stereocenters. The van der Waals surface area contributed by atoms with Gasteiger partial charge in [-0.2, -0.15) is 0 Å². The molecule has 112 valence electrons. The Labute approximate surface area is 125 Å². The first kappa shape index (κ1) is 15.1. The number of nitrogens with one attached hydrogen (secondary N) is 1. The highest BCUT2D eigenvalue weighted by Crippen LogP contribution is 2.36. The van der Waals surface area contributed by atoms with E-state index < -0.39 is 0 Å². The van der Waals surface area contributed by atoms with Crippen molar-refractivity contribution in [2.24, 2.45) is 0 Å². The van der Waals surface area contributed by atoms with Gasteiger partial charge in [0.25, 0.3) is 0 Å². The summed E-state index contributed by atoms with van der Waals surface area (Å²) < 4.78 is 11.3. The Hall–Kier alpha value is -2.30. The van der Waals surface area contributed by atoms with Crippen LogP contribution >= 0.6 is 0 Å². The van der Waals surface area contributed by atoms with Crippen molar-refractivity contribution in [2.45, 2.75) is 26.7 Å². The maximum absolute atomic E-state index is 5.96. The Morgan fingerprint density at radius 3 is 2.48 bits per heavy atom. The highest BCUT2D eigenvalue weighted by atomic mass is 16.5. The molecule has 0 aliphatic rings. The van der Waals surface area contributed by atoms with Crippen molar-refractivity contribution in [3.05, 3.63) is 36.2 Å². The minimum absolute atomic E-state index is 0.241. The average molecular weight is 287 g/mol. The predicted molar refractivity (Wildman–Crippen MR) is 83.4 cm³/mol. The van der Waals surface area contributed by atoms with E-state index in [1.54, 1.807) is 7.11 Å². The maximum Gasteiger partial charge on any atom is 0.228 e. The van der Waals surface area contributed by atoms with E-state index in [2.05, 4.69) is 29.1 Å². The SMILES string of the molecule is CCNc1ncnc(Oc2ccccc2OC)c1C(C)C. The fourth-order valence-corrected chi connectivity index (χ4v) is 2.10. The number of benzene rings is 1. The second-order valence-corrected chi connectivity index (χ2v) is 4.88. The molecule has 0 saturated carbocycles. The van der Waals surface area contributed by atoms with Gasteiger partial charge in [0.1, 0.15) is 12.1 Å². The van der Waals surface area contributed by atoms with Crippen LogP contribution in [-0.4, -0.2) is 23.6 Å². The van der Waals surface area contributed by atoms with Crippen LogP contribution in [0.2, 0.25) is 0 Å². The van der Waals surface area contributed by atoms with Crippen LogP contribution in [0.4, 0.5) is 5.82 Å².